The van der Waals surface area contributed by atoms with Crippen molar-refractivity contribution in [1.29, 1.82) is 5.26 Å². The van der Waals surface area contributed by atoms with Gasteiger partial charge in [0.2, 0.25) is 0 Å². The number of rotatable bonds is 4. The molecule has 0 unspecified atom stereocenters. The van der Waals surface area contributed by atoms with Crippen molar-refractivity contribution in [2.24, 2.45) is 0 Å². The van der Waals surface area contributed by atoms with E-state index in [1.165, 1.54) is 37.4 Å². The third-order valence-corrected chi connectivity index (χ3v) is 5.13. The Balaban J connectivity index is 2.36. The highest BCUT2D eigenvalue weighted by Crippen LogP contribution is 2.27. The summed E-state index contributed by atoms with van der Waals surface area (Å²) in [4.78, 5) is -0.0932. The number of nitrogens with zero attached hydrogens (tertiary/aromatic N) is 1. The van der Waals surface area contributed by atoms with Gasteiger partial charge in [-0.15, -0.1) is 0 Å². The highest BCUT2D eigenvalue weighted by molar-refractivity contribution is 7.90. The summed E-state index contributed by atoms with van der Waals surface area (Å²) in [6.45, 7) is 0. The van der Waals surface area contributed by atoms with Crippen LogP contribution in [0.15, 0.2) is 41.3 Å². The molecule has 22 heavy (non-hydrogen) atoms. The Bertz CT molecular complexity index is 860. The molecule has 0 aliphatic carbocycles. The summed E-state index contributed by atoms with van der Waals surface area (Å²) < 4.78 is 43.1. The van der Waals surface area contributed by atoms with Crippen LogP contribution in [0.4, 0.5) is 4.39 Å². The number of ether oxygens (including phenoxy) is 1. The summed E-state index contributed by atoms with van der Waals surface area (Å²) in [5, 5.41) is 8.73. The van der Waals surface area contributed by atoms with E-state index in [0.29, 0.717) is 0 Å². The molecular weight excluding hydrogens is 329 g/mol. The monoisotopic (exact) mass is 339 g/mol. The van der Waals surface area contributed by atoms with Crippen LogP contribution in [-0.4, -0.2) is 15.5 Å². The summed E-state index contributed by atoms with van der Waals surface area (Å²) in [6.07, 6.45) is 0. The van der Waals surface area contributed by atoms with Gasteiger partial charge in [-0.3, -0.25) is 0 Å². The molecule has 0 atom stereocenters. The van der Waals surface area contributed by atoms with Crippen LogP contribution in [0.3, 0.4) is 0 Å². The number of methoxy groups -OCH3 is 1. The van der Waals surface area contributed by atoms with Gasteiger partial charge in [-0.25, -0.2) is 12.8 Å². The second-order valence-corrected chi connectivity index (χ2v) is 6.85. The molecule has 0 amide bonds. The molecule has 0 radical (unpaired) electrons. The molecule has 2 aromatic rings. The molecule has 0 bridgehead atoms. The SMILES string of the molecule is COc1ccc(CS(=O)(=O)c2ccc(C#N)cc2Cl)cc1F. The van der Waals surface area contributed by atoms with E-state index in [9.17, 15) is 12.8 Å². The van der Waals surface area contributed by atoms with Crippen LogP contribution < -0.4 is 4.74 Å². The molecular formula is C15H11ClFNO3S. The van der Waals surface area contributed by atoms with Gasteiger partial charge in [-0.2, -0.15) is 5.26 Å². The van der Waals surface area contributed by atoms with Gasteiger partial charge < -0.3 is 4.74 Å². The van der Waals surface area contributed by atoms with Crippen LogP contribution in [0, 0.1) is 17.1 Å². The third kappa shape index (κ3) is 3.38. The van der Waals surface area contributed by atoms with E-state index in [1.54, 1.807) is 0 Å². The zero-order valence-corrected chi connectivity index (χ0v) is 13.1. The lowest BCUT2D eigenvalue weighted by molar-refractivity contribution is 0.386. The number of nitriles is 1. The summed E-state index contributed by atoms with van der Waals surface area (Å²) in [6, 6.07) is 9.73. The first-order chi connectivity index (χ1) is 10.4. The molecule has 0 aliphatic rings. The number of benzene rings is 2. The van der Waals surface area contributed by atoms with E-state index >= 15 is 0 Å². The second-order valence-electron chi connectivity index (χ2n) is 4.48. The average molecular weight is 340 g/mol. The smallest absolute Gasteiger partial charge is 0.183 e. The molecule has 2 rings (SSSR count). The molecule has 7 heteroatoms. The molecule has 0 saturated carbocycles. The summed E-state index contributed by atoms with van der Waals surface area (Å²) in [5.41, 5.74) is 0.540. The number of sulfone groups is 1. The van der Waals surface area contributed by atoms with E-state index in [0.717, 1.165) is 6.07 Å². The average Bonchev–Trinajstić information content (AvgIpc) is 2.46. The predicted molar refractivity (Wildman–Crippen MR) is 80.0 cm³/mol. The molecule has 0 N–H and O–H groups in total. The fourth-order valence-corrected chi connectivity index (χ4v) is 3.86. The highest BCUT2D eigenvalue weighted by Gasteiger charge is 2.20. The van der Waals surface area contributed by atoms with Gasteiger partial charge in [0.1, 0.15) is 0 Å². The standard InChI is InChI=1S/C15H11ClFNO3S/c1-21-14-4-2-11(7-13(14)17)9-22(19,20)15-5-3-10(8-18)6-12(15)16/h2-7H,9H2,1H3. The van der Waals surface area contributed by atoms with Crippen LogP contribution in [0.2, 0.25) is 5.02 Å². The Kier molecular flexibility index (Phi) is 4.69. The highest BCUT2D eigenvalue weighted by atomic mass is 35.5. The molecule has 0 heterocycles. The van der Waals surface area contributed by atoms with Gasteiger partial charge in [0.15, 0.2) is 21.4 Å². The number of hydrogen-bond donors (Lipinski definition) is 0. The minimum atomic E-state index is -3.75. The lowest BCUT2D eigenvalue weighted by Crippen LogP contribution is -2.06. The first-order valence-corrected chi connectivity index (χ1v) is 8.15. The maximum absolute atomic E-state index is 13.6. The Morgan fingerprint density at radius 3 is 2.55 bits per heavy atom. The first kappa shape index (κ1) is 16.3. The van der Waals surface area contributed by atoms with Crippen LogP contribution in [0.1, 0.15) is 11.1 Å². The van der Waals surface area contributed by atoms with Crippen LogP contribution in [0.5, 0.6) is 5.75 Å². The lowest BCUT2D eigenvalue weighted by Gasteiger charge is -2.08. The van der Waals surface area contributed by atoms with Crippen molar-refractivity contribution in [1.82, 2.24) is 0 Å². The van der Waals surface area contributed by atoms with Gasteiger partial charge >= 0.3 is 0 Å². The van der Waals surface area contributed by atoms with Gasteiger partial charge in [0, 0.05) is 0 Å². The van der Waals surface area contributed by atoms with Crippen molar-refractivity contribution >= 4 is 21.4 Å². The first-order valence-electron chi connectivity index (χ1n) is 6.12. The Morgan fingerprint density at radius 2 is 2.00 bits per heavy atom. The molecule has 0 aliphatic heterocycles. The van der Waals surface area contributed by atoms with Crippen molar-refractivity contribution in [2.45, 2.75) is 10.6 Å². The molecule has 114 valence electrons. The number of hydrogen-bond acceptors (Lipinski definition) is 4. The Hall–Kier alpha value is -2.10. The Morgan fingerprint density at radius 1 is 1.27 bits per heavy atom. The fraction of sp³-hybridized carbons (Fsp3) is 0.133. The maximum atomic E-state index is 13.6. The predicted octanol–water partition coefficient (Wildman–Crippen LogP) is 3.33. The molecule has 4 nitrogen and oxygen atoms in total. The van der Waals surface area contributed by atoms with Crippen LogP contribution >= 0.6 is 11.6 Å². The maximum Gasteiger partial charge on any atom is 0.183 e. The Labute approximate surface area is 132 Å². The molecule has 0 fully saturated rings. The largest absolute Gasteiger partial charge is 0.494 e. The van der Waals surface area contributed by atoms with Crippen molar-refractivity contribution in [2.75, 3.05) is 7.11 Å². The van der Waals surface area contributed by atoms with E-state index in [2.05, 4.69) is 0 Å². The van der Waals surface area contributed by atoms with E-state index in [-0.39, 0.29) is 26.8 Å². The summed E-state index contributed by atoms with van der Waals surface area (Å²) in [5.74, 6) is -1.00. The van der Waals surface area contributed by atoms with Crippen molar-refractivity contribution in [3.05, 3.63) is 58.4 Å². The lowest BCUT2D eigenvalue weighted by atomic mass is 10.2. The molecule has 0 spiro atoms. The van der Waals surface area contributed by atoms with Crippen molar-refractivity contribution in [3.63, 3.8) is 0 Å². The fourth-order valence-electron chi connectivity index (χ4n) is 1.92. The number of halogens is 2. The zero-order chi connectivity index (χ0) is 16.3. The van der Waals surface area contributed by atoms with Gasteiger partial charge in [0.05, 0.1) is 34.4 Å². The molecule has 2 aromatic carbocycles. The normalized spacial score (nSPS) is 11.0. The van der Waals surface area contributed by atoms with E-state index in [4.69, 9.17) is 21.6 Å². The molecule has 0 saturated heterocycles. The van der Waals surface area contributed by atoms with Crippen LogP contribution in [0.25, 0.3) is 0 Å². The quantitative estimate of drug-likeness (QED) is 0.856. The van der Waals surface area contributed by atoms with Gasteiger partial charge in [0.25, 0.3) is 0 Å². The van der Waals surface area contributed by atoms with Gasteiger partial charge in [-0.05, 0) is 35.9 Å². The minimum Gasteiger partial charge on any atom is -0.494 e. The zero-order valence-electron chi connectivity index (χ0n) is 11.5. The minimum absolute atomic E-state index is 0.0342. The summed E-state index contributed by atoms with van der Waals surface area (Å²) in [7, 11) is -2.43. The second kappa shape index (κ2) is 6.34. The van der Waals surface area contributed by atoms with Crippen molar-refractivity contribution in [3.8, 4) is 11.8 Å². The topological polar surface area (TPSA) is 67.2 Å². The van der Waals surface area contributed by atoms with Gasteiger partial charge in [-0.1, -0.05) is 17.7 Å². The molecule has 0 aromatic heterocycles. The van der Waals surface area contributed by atoms with E-state index in [1.807, 2.05) is 6.07 Å². The van der Waals surface area contributed by atoms with Crippen molar-refractivity contribution < 1.29 is 17.5 Å². The third-order valence-electron chi connectivity index (χ3n) is 2.97. The summed E-state index contributed by atoms with van der Waals surface area (Å²) >= 11 is 5.91. The van der Waals surface area contributed by atoms with E-state index < -0.39 is 21.4 Å². The van der Waals surface area contributed by atoms with Crippen LogP contribution in [-0.2, 0) is 15.6 Å².